The van der Waals surface area contributed by atoms with Gasteiger partial charge in [-0.05, 0) is 110 Å². The molecule has 5 aromatic rings. The highest BCUT2D eigenvalue weighted by molar-refractivity contribution is 6.19. The molecule has 1 aliphatic carbocycles. The lowest BCUT2D eigenvalue weighted by molar-refractivity contribution is -0.137. The van der Waals surface area contributed by atoms with Gasteiger partial charge in [-0.2, -0.15) is 0 Å². The van der Waals surface area contributed by atoms with Crippen LogP contribution in [0.4, 0.5) is 21.9 Å². The van der Waals surface area contributed by atoms with E-state index in [4.69, 9.17) is 16.3 Å². The van der Waals surface area contributed by atoms with Gasteiger partial charge in [-0.3, -0.25) is 43.3 Å². The van der Waals surface area contributed by atoms with Crippen LogP contribution in [-0.4, -0.2) is 143 Å². The number of H-pyrrole nitrogens is 1. The van der Waals surface area contributed by atoms with E-state index >= 15 is 0 Å². The molecule has 0 bridgehead atoms. The summed E-state index contributed by atoms with van der Waals surface area (Å²) in [4.78, 5) is 129. The molecular formula is C58H65ClN10O10. The fourth-order valence-corrected chi connectivity index (χ4v) is 10.7. The Kier molecular flexibility index (Phi) is 16.8. The number of hydrogen-bond donors (Lipinski definition) is 6. The lowest BCUT2D eigenvalue weighted by Gasteiger charge is -2.31. The van der Waals surface area contributed by atoms with Gasteiger partial charge in [0, 0.05) is 109 Å². The maximum atomic E-state index is 14.4. The van der Waals surface area contributed by atoms with Crippen LogP contribution in [0.3, 0.4) is 0 Å². The predicted molar refractivity (Wildman–Crippen MR) is 299 cm³/mol. The van der Waals surface area contributed by atoms with Crippen molar-refractivity contribution in [2.24, 2.45) is 17.8 Å². The lowest BCUT2D eigenvalue weighted by Crippen LogP contribution is -2.56. The molecule has 4 heterocycles. The summed E-state index contributed by atoms with van der Waals surface area (Å²) in [5, 5.41) is 16.3. The molecule has 2 fully saturated rings. The monoisotopic (exact) mass is 1100 g/mol. The average molecular weight is 1100 g/mol. The van der Waals surface area contributed by atoms with Gasteiger partial charge in [0.1, 0.15) is 29.6 Å². The van der Waals surface area contributed by atoms with Gasteiger partial charge >= 0.3 is 6.09 Å². The smallest absolute Gasteiger partial charge is 0.409 e. The standard InChI is InChI=1S/C58H65ClN10O10/c1-32(2)25-44(64-48(70)11-8-20-68-49(71)18-19-50(68)72)55(75)60-34(4)53(73)65-52(42-26-33(42)3)56(76)61-38-14-12-35(13-15-38)54(74)62-39-16-17-43-36(27-39)28-45(63-43)57(77)69-31-37(30-59)51-41-10-7-6-9-40(41)47(29-46(51)69)79-58(78)67-23-21-66(5)22-24-67/h6-7,9-10,12-19,27-29,32-34,37,42,44,52,63H,8,11,20-26,30-31H2,1-5H3,(H,60,75)(H,61,76)(H,62,74)(H,64,70)(H,65,73)/t33?,34-,37+,42?,44-,52-/m0/s1. The minimum Gasteiger partial charge on any atom is -0.409 e. The Labute approximate surface area is 461 Å². The highest BCUT2D eigenvalue weighted by atomic mass is 35.5. The van der Waals surface area contributed by atoms with Crippen LogP contribution in [0.1, 0.15) is 85.7 Å². The predicted octanol–water partition coefficient (Wildman–Crippen LogP) is 6.12. The summed E-state index contributed by atoms with van der Waals surface area (Å²) in [6.07, 6.45) is 3.05. The van der Waals surface area contributed by atoms with Gasteiger partial charge < -0.3 is 51.0 Å². The maximum Gasteiger partial charge on any atom is 0.415 e. The third kappa shape index (κ3) is 12.8. The molecule has 1 aromatic heterocycles. The van der Waals surface area contributed by atoms with Crippen molar-refractivity contribution in [2.75, 3.05) is 67.7 Å². The summed E-state index contributed by atoms with van der Waals surface area (Å²) < 4.78 is 6.06. The van der Waals surface area contributed by atoms with E-state index in [1.54, 1.807) is 64.4 Å². The number of nitrogens with zero attached hydrogens (tertiary/aromatic N) is 4. The van der Waals surface area contributed by atoms with Crippen LogP contribution in [0.2, 0.25) is 0 Å². The van der Waals surface area contributed by atoms with Crippen molar-refractivity contribution in [3.63, 3.8) is 0 Å². The van der Waals surface area contributed by atoms with Crippen LogP contribution in [0.15, 0.2) is 91.0 Å². The van der Waals surface area contributed by atoms with Crippen LogP contribution in [-0.2, 0) is 28.8 Å². The van der Waals surface area contributed by atoms with Crippen LogP contribution in [0, 0.1) is 17.8 Å². The maximum absolute atomic E-state index is 14.4. The van der Waals surface area contributed by atoms with E-state index in [1.165, 1.54) is 19.1 Å². The molecule has 1 saturated heterocycles. The molecule has 4 aliphatic rings. The molecule has 21 heteroatoms. The highest BCUT2D eigenvalue weighted by Gasteiger charge is 2.45. The minimum atomic E-state index is -1.07. The molecular weight excluding hydrogens is 1030 g/mol. The largest absolute Gasteiger partial charge is 0.415 e. The number of nitrogens with one attached hydrogen (secondary N) is 6. The van der Waals surface area contributed by atoms with E-state index in [0.29, 0.717) is 71.0 Å². The fraction of sp³-hybridized carbons (Fsp3) is 0.397. The van der Waals surface area contributed by atoms with Crippen molar-refractivity contribution < 1.29 is 47.9 Å². The number of carbonyl (C=O) groups is 9. The summed E-state index contributed by atoms with van der Waals surface area (Å²) >= 11 is 6.56. The first-order valence-corrected chi connectivity index (χ1v) is 27.3. The number of piperazine rings is 1. The van der Waals surface area contributed by atoms with E-state index in [1.807, 2.05) is 52.1 Å². The number of likely N-dealkylation sites (N-methyl/N-ethyl adjacent to an activating group) is 1. The molecule has 0 radical (unpaired) electrons. The number of fused-ring (bicyclic) bond motifs is 4. The van der Waals surface area contributed by atoms with E-state index in [2.05, 4.69) is 36.5 Å². The number of alkyl halides is 1. The Morgan fingerprint density at radius 3 is 2.14 bits per heavy atom. The molecule has 1 saturated carbocycles. The second kappa shape index (κ2) is 23.9. The number of amides is 9. The molecule has 20 nitrogen and oxygen atoms in total. The molecule has 6 atom stereocenters. The molecule has 9 rings (SSSR count). The van der Waals surface area contributed by atoms with Crippen molar-refractivity contribution in [3.05, 3.63) is 108 Å². The molecule has 0 spiro atoms. The molecule has 3 aliphatic heterocycles. The highest BCUT2D eigenvalue weighted by Crippen LogP contribution is 2.46. The fourth-order valence-electron chi connectivity index (χ4n) is 10.4. The Morgan fingerprint density at radius 1 is 0.785 bits per heavy atom. The minimum absolute atomic E-state index is 0.00703. The first kappa shape index (κ1) is 55.6. The first-order valence-electron chi connectivity index (χ1n) is 26.7. The van der Waals surface area contributed by atoms with Gasteiger partial charge in [-0.1, -0.05) is 45.0 Å². The van der Waals surface area contributed by atoms with Crippen LogP contribution < -0.4 is 36.2 Å². The summed E-state index contributed by atoms with van der Waals surface area (Å²) in [6.45, 7) is 10.2. The van der Waals surface area contributed by atoms with Gasteiger partial charge in [0.2, 0.25) is 23.6 Å². The number of hydrogen-bond acceptors (Lipinski definition) is 11. The summed E-state index contributed by atoms with van der Waals surface area (Å²) in [6, 6.07) is 19.7. The Balaban J connectivity index is 0.799. The second-order valence-corrected chi connectivity index (χ2v) is 21.7. The number of carbonyl (C=O) groups excluding carboxylic acids is 9. The zero-order chi connectivity index (χ0) is 56.2. The molecule has 6 N–H and O–H groups in total. The molecule has 2 unspecified atom stereocenters. The average Bonchev–Trinajstić information content (AvgIpc) is 3.98. The normalized spacial score (nSPS) is 19.0. The van der Waals surface area contributed by atoms with E-state index < -0.39 is 65.6 Å². The van der Waals surface area contributed by atoms with Crippen molar-refractivity contribution in [1.82, 2.24) is 35.6 Å². The number of rotatable bonds is 19. The van der Waals surface area contributed by atoms with Crippen LogP contribution in [0.25, 0.3) is 21.7 Å². The van der Waals surface area contributed by atoms with E-state index in [-0.39, 0.29) is 61.3 Å². The van der Waals surface area contributed by atoms with Gasteiger partial charge in [-0.15, -0.1) is 11.6 Å². The number of ether oxygens (including phenoxy) is 1. The number of anilines is 3. The summed E-state index contributed by atoms with van der Waals surface area (Å²) in [5.74, 6) is -3.24. The molecule has 9 amide bonds. The van der Waals surface area contributed by atoms with Crippen molar-refractivity contribution >= 4 is 104 Å². The number of aromatic nitrogens is 1. The van der Waals surface area contributed by atoms with Crippen LogP contribution in [0.5, 0.6) is 5.75 Å². The zero-order valence-electron chi connectivity index (χ0n) is 44.7. The number of imide groups is 1. The molecule has 79 heavy (non-hydrogen) atoms. The Bertz CT molecular complexity index is 3240. The van der Waals surface area contributed by atoms with Crippen molar-refractivity contribution in [1.29, 1.82) is 0 Å². The summed E-state index contributed by atoms with van der Waals surface area (Å²) in [7, 11) is 2.01. The topological polar surface area (TPSA) is 252 Å². The van der Waals surface area contributed by atoms with E-state index in [0.717, 1.165) is 34.3 Å². The van der Waals surface area contributed by atoms with Crippen molar-refractivity contribution in [2.45, 2.75) is 77.4 Å². The zero-order valence-corrected chi connectivity index (χ0v) is 45.5. The van der Waals surface area contributed by atoms with Gasteiger partial charge in [0.25, 0.3) is 23.6 Å². The summed E-state index contributed by atoms with van der Waals surface area (Å²) in [5.41, 5.74) is 3.67. The molecule has 414 valence electrons. The third-order valence-corrected chi connectivity index (χ3v) is 15.4. The Morgan fingerprint density at radius 2 is 1.47 bits per heavy atom. The van der Waals surface area contributed by atoms with Crippen LogP contribution >= 0.6 is 11.6 Å². The van der Waals surface area contributed by atoms with Gasteiger partial charge in [-0.25, -0.2) is 4.79 Å². The third-order valence-electron chi connectivity index (χ3n) is 15.0. The number of benzene rings is 4. The van der Waals surface area contributed by atoms with Gasteiger partial charge in [0.15, 0.2) is 0 Å². The quantitative estimate of drug-likeness (QED) is 0.0406. The van der Waals surface area contributed by atoms with Crippen molar-refractivity contribution in [3.8, 4) is 5.75 Å². The Hall–Kier alpha value is -8.10. The number of aromatic amines is 1. The van der Waals surface area contributed by atoms with E-state index in [9.17, 15) is 43.2 Å². The number of halogens is 1. The van der Waals surface area contributed by atoms with Gasteiger partial charge in [0.05, 0.1) is 5.69 Å². The SMILES string of the molecule is CC(C)C[C@H](NC(=O)CCCN1C(=O)C=CC1=O)C(=O)N[C@@H](C)C(=O)N[C@H](C(=O)Nc1ccc(C(=O)Nc2ccc3[nH]c(C(=O)N4C[C@@H](CCl)c5c4cc(OC(=O)N4CCN(C)CC4)c4ccccc54)cc3c2)cc1)C1CC1C. The second-order valence-electron chi connectivity index (χ2n) is 21.4. The lowest BCUT2D eigenvalue weighted by atomic mass is 9.95. The molecule has 4 aromatic carbocycles. The first-order chi connectivity index (χ1) is 37.8.